The monoisotopic (exact) mass is 280 g/mol. The van der Waals surface area contributed by atoms with Crippen LogP contribution in [0.2, 0.25) is 0 Å². The van der Waals surface area contributed by atoms with Crippen LogP contribution < -0.4 is 0 Å². The average molecular weight is 280 g/mol. The number of likely N-dealkylation sites (tertiary alicyclic amines) is 1. The van der Waals surface area contributed by atoms with E-state index < -0.39 is 11.7 Å². The smallest absolute Gasteiger partial charge is 0.310 e. The molecule has 0 spiro atoms. The van der Waals surface area contributed by atoms with Crippen molar-refractivity contribution in [2.45, 2.75) is 19.8 Å². The van der Waals surface area contributed by atoms with E-state index in [1.54, 1.807) is 6.92 Å². The number of piperidine rings is 1. The van der Waals surface area contributed by atoms with Crippen LogP contribution in [0.25, 0.3) is 0 Å². The maximum absolute atomic E-state index is 13.6. The number of rotatable bonds is 3. The van der Waals surface area contributed by atoms with E-state index in [-0.39, 0.29) is 24.0 Å². The minimum atomic E-state index is -0.643. The predicted molar refractivity (Wildman–Crippen MR) is 69.5 cm³/mol. The van der Waals surface area contributed by atoms with Crippen molar-refractivity contribution in [2.75, 3.05) is 19.7 Å². The Morgan fingerprint density at radius 3 is 3.05 bits per heavy atom. The lowest BCUT2D eigenvalue weighted by Gasteiger charge is -2.31. The summed E-state index contributed by atoms with van der Waals surface area (Å²) in [5, 5.41) is 0. The third-order valence-corrected chi connectivity index (χ3v) is 3.33. The number of amides is 1. The van der Waals surface area contributed by atoms with Crippen molar-refractivity contribution in [2.24, 2.45) is 5.92 Å². The first kappa shape index (κ1) is 14.4. The Hall–Kier alpha value is -1.98. The molecule has 1 aliphatic rings. The Morgan fingerprint density at radius 1 is 1.55 bits per heavy atom. The van der Waals surface area contributed by atoms with Gasteiger partial charge < -0.3 is 9.64 Å². The first-order valence-corrected chi connectivity index (χ1v) is 6.69. The number of hydrogen-bond acceptors (Lipinski definition) is 4. The van der Waals surface area contributed by atoms with Crippen LogP contribution in [0.1, 0.15) is 30.1 Å². The number of carbonyl (C=O) groups is 2. The number of carbonyl (C=O) groups excluding carboxylic acids is 2. The summed E-state index contributed by atoms with van der Waals surface area (Å²) in [4.78, 5) is 29.1. The molecule has 1 saturated heterocycles. The molecule has 0 radical (unpaired) electrons. The number of esters is 1. The SMILES string of the molecule is CCOC(=O)[C@@H]1CCCN(C(=O)c2ccncc2F)C1. The van der Waals surface area contributed by atoms with Crippen LogP contribution in [-0.2, 0) is 9.53 Å². The van der Waals surface area contributed by atoms with Gasteiger partial charge in [0, 0.05) is 19.3 Å². The summed E-state index contributed by atoms with van der Waals surface area (Å²) in [6, 6.07) is 1.35. The molecule has 1 aliphatic heterocycles. The predicted octanol–water partition coefficient (Wildman–Crippen LogP) is 1.64. The summed E-state index contributed by atoms with van der Waals surface area (Å²) >= 11 is 0. The lowest BCUT2D eigenvalue weighted by atomic mass is 9.97. The number of hydrogen-bond donors (Lipinski definition) is 0. The van der Waals surface area contributed by atoms with Crippen LogP contribution in [0.4, 0.5) is 4.39 Å². The minimum absolute atomic E-state index is 0.00971. The fraction of sp³-hybridized carbons (Fsp3) is 0.500. The number of pyridine rings is 1. The van der Waals surface area contributed by atoms with Crippen LogP contribution in [-0.4, -0.2) is 41.5 Å². The van der Waals surface area contributed by atoms with E-state index >= 15 is 0 Å². The van der Waals surface area contributed by atoms with Crippen molar-refractivity contribution >= 4 is 11.9 Å². The molecule has 1 aromatic heterocycles. The third kappa shape index (κ3) is 3.12. The Bertz CT molecular complexity index is 507. The molecule has 1 fully saturated rings. The summed E-state index contributed by atoms with van der Waals surface area (Å²) in [6.07, 6.45) is 3.80. The summed E-state index contributed by atoms with van der Waals surface area (Å²) in [7, 11) is 0. The van der Waals surface area contributed by atoms with Gasteiger partial charge >= 0.3 is 5.97 Å². The standard InChI is InChI=1S/C14H17FN2O3/c1-2-20-14(19)10-4-3-7-17(9-10)13(18)11-5-6-16-8-12(11)15/h5-6,8,10H,2-4,7,9H2,1H3/t10-/m1/s1. The van der Waals surface area contributed by atoms with Gasteiger partial charge in [0.15, 0.2) is 5.82 Å². The van der Waals surface area contributed by atoms with E-state index in [0.717, 1.165) is 6.20 Å². The van der Waals surface area contributed by atoms with Crippen LogP contribution in [0.15, 0.2) is 18.5 Å². The molecular formula is C14H17FN2O3. The van der Waals surface area contributed by atoms with Gasteiger partial charge in [-0.1, -0.05) is 0 Å². The average Bonchev–Trinajstić information content (AvgIpc) is 2.47. The second-order valence-corrected chi connectivity index (χ2v) is 4.70. The highest BCUT2D eigenvalue weighted by Gasteiger charge is 2.30. The van der Waals surface area contributed by atoms with Gasteiger partial charge in [-0.3, -0.25) is 14.6 Å². The number of halogens is 1. The zero-order valence-corrected chi connectivity index (χ0v) is 11.3. The molecule has 0 N–H and O–H groups in total. The van der Waals surface area contributed by atoms with E-state index in [1.807, 2.05) is 0 Å². The van der Waals surface area contributed by atoms with E-state index in [1.165, 1.54) is 17.2 Å². The topological polar surface area (TPSA) is 59.5 Å². The summed E-state index contributed by atoms with van der Waals surface area (Å²) in [6.45, 7) is 2.87. The quantitative estimate of drug-likeness (QED) is 0.790. The highest BCUT2D eigenvalue weighted by molar-refractivity contribution is 5.94. The molecule has 1 aromatic rings. The van der Waals surface area contributed by atoms with Crippen LogP contribution >= 0.6 is 0 Å². The Balaban J connectivity index is 2.07. The molecule has 2 rings (SSSR count). The van der Waals surface area contributed by atoms with E-state index in [4.69, 9.17) is 4.74 Å². The minimum Gasteiger partial charge on any atom is -0.466 e. The maximum atomic E-state index is 13.6. The van der Waals surface area contributed by atoms with Gasteiger partial charge in [-0.25, -0.2) is 4.39 Å². The van der Waals surface area contributed by atoms with Crippen LogP contribution in [0, 0.1) is 11.7 Å². The lowest BCUT2D eigenvalue weighted by molar-refractivity contribution is -0.149. The van der Waals surface area contributed by atoms with Crippen molar-refractivity contribution in [1.29, 1.82) is 0 Å². The molecule has 6 heteroatoms. The Labute approximate surface area is 116 Å². The van der Waals surface area contributed by atoms with Gasteiger partial charge in [0.2, 0.25) is 0 Å². The van der Waals surface area contributed by atoms with Crippen molar-refractivity contribution in [3.05, 3.63) is 29.8 Å². The molecule has 1 amide bonds. The highest BCUT2D eigenvalue weighted by Crippen LogP contribution is 2.20. The summed E-state index contributed by atoms with van der Waals surface area (Å²) in [5.74, 6) is -1.66. The first-order chi connectivity index (χ1) is 9.63. The largest absolute Gasteiger partial charge is 0.466 e. The third-order valence-electron chi connectivity index (χ3n) is 3.33. The molecular weight excluding hydrogens is 263 g/mol. The number of ether oxygens (including phenoxy) is 1. The molecule has 108 valence electrons. The van der Waals surface area contributed by atoms with Crippen molar-refractivity contribution in [3.8, 4) is 0 Å². The van der Waals surface area contributed by atoms with Gasteiger partial charge in [-0.2, -0.15) is 0 Å². The molecule has 0 aliphatic carbocycles. The normalized spacial score (nSPS) is 18.7. The van der Waals surface area contributed by atoms with E-state index in [0.29, 0.717) is 26.0 Å². The van der Waals surface area contributed by atoms with Crippen LogP contribution in [0.5, 0.6) is 0 Å². The number of nitrogens with zero attached hydrogens (tertiary/aromatic N) is 2. The van der Waals surface area contributed by atoms with E-state index in [9.17, 15) is 14.0 Å². The molecule has 0 saturated carbocycles. The number of aromatic nitrogens is 1. The van der Waals surface area contributed by atoms with E-state index in [2.05, 4.69) is 4.98 Å². The van der Waals surface area contributed by atoms with Crippen molar-refractivity contribution in [1.82, 2.24) is 9.88 Å². The van der Waals surface area contributed by atoms with Gasteiger partial charge in [0.1, 0.15) is 0 Å². The lowest BCUT2D eigenvalue weighted by Crippen LogP contribution is -2.43. The molecule has 0 bridgehead atoms. The Morgan fingerprint density at radius 2 is 2.35 bits per heavy atom. The molecule has 0 aromatic carbocycles. The van der Waals surface area contributed by atoms with Crippen LogP contribution in [0.3, 0.4) is 0 Å². The zero-order chi connectivity index (χ0) is 14.5. The summed E-state index contributed by atoms with van der Waals surface area (Å²) < 4.78 is 18.5. The second kappa shape index (κ2) is 6.45. The van der Waals surface area contributed by atoms with Crippen molar-refractivity contribution < 1.29 is 18.7 Å². The molecule has 2 heterocycles. The molecule has 0 unspecified atom stereocenters. The second-order valence-electron chi connectivity index (χ2n) is 4.70. The highest BCUT2D eigenvalue weighted by atomic mass is 19.1. The van der Waals surface area contributed by atoms with Gasteiger partial charge in [0.25, 0.3) is 5.91 Å². The van der Waals surface area contributed by atoms with Gasteiger partial charge in [-0.05, 0) is 25.8 Å². The van der Waals surface area contributed by atoms with Gasteiger partial charge in [-0.15, -0.1) is 0 Å². The van der Waals surface area contributed by atoms with Crippen molar-refractivity contribution in [3.63, 3.8) is 0 Å². The first-order valence-electron chi connectivity index (χ1n) is 6.69. The fourth-order valence-corrected chi connectivity index (χ4v) is 2.33. The van der Waals surface area contributed by atoms with Gasteiger partial charge in [0.05, 0.1) is 24.3 Å². The summed E-state index contributed by atoms with van der Waals surface area (Å²) in [5.41, 5.74) is -0.00971. The maximum Gasteiger partial charge on any atom is 0.310 e. The molecule has 20 heavy (non-hydrogen) atoms. The molecule has 1 atom stereocenters. The zero-order valence-electron chi connectivity index (χ0n) is 11.3. The Kier molecular flexibility index (Phi) is 4.65. The molecule has 5 nitrogen and oxygen atoms in total. The fourth-order valence-electron chi connectivity index (χ4n) is 2.33.